The number of carboxylic acids is 2. The zero-order valence-electron chi connectivity index (χ0n) is 14.3. The van der Waals surface area contributed by atoms with E-state index in [2.05, 4.69) is 10.3 Å². The molecule has 27 heavy (non-hydrogen) atoms. The lowest BCUT2D eigenvalue weighted by Crippen LogP contribution is -2.58. The van der Waals surface area contributed by atoms with Crippen molar-refractivity contribution in [3.63, 3.8) is 0 Å². The standard InChI is InChI=1S/C18H20N4O5/c19-17(20)21-13-6-3-4-11(10-13)15(25)22-18(16(26)27)9-2-1-5-12(18)7-8-14(23)24/h1-6,9-10,12H,7-8H2,(H,22,25)(H,23,24)(H,26,27)(H4,19,20,21). The van der Waals surface area contributed by atoms with Crippen LogP contribution in [0.25, 0.3) is 0 Å². The number of benzene rings is 1. The summed E-state index contributed by atoms with van der Waals surface area (Å²) in [5, 5.41) is 21.2. The Labute approximate surface area is 155 Å². The predicted octanol–water partition coefficient (Wildman–Crippen LogP) is 0.752. The molecule has 0 aromatic heterocycles. The molecule has 0 saturated carbocycles. The molecular weight excluding hydrogens is 352 g/mol. The summed E-state index contributed by atoms with van der Waals surface area (Å²) in [5.41, 5.74) is 9.39. The van der Waals surface area contributed by atoms with Crippen LogP contribution >= 0.6 is 0 Å². The van der Waals surface area contributed by atoms with E-state index in [-0.39, 0.29) is 24.4 Å². The number of carboxylic acid groups (broad SMARTS) is 2. The minimum atomic E-state index is -1.76. The van der Waals surface area contributed by atoms with E-state index in [1.54, 1.807) is 24.3 Å². The molecule has 7 N–H and O–H groups in total. The minimum absolute atomic E-state index is 0.0524. The summed E-state index contributed by atoms with van der Waals surface area (Å²) in [6, 6.07) is 6.05. The molecular formula is C18H20N4O5. The predicted molar refractivity (Wildman–Crippen MR) is 98.4 cm³/mol. The van der Waals surface area contributed by atoms with Crippen molar-refractivity contribution < 1.29 is 24.6 Å². The van der Waals surface area contributed by atoms with Gasteiger partial charge in [0.25, 0.3) is 5.91 Å². The van der Waals surface area contributed by atoms with Crippen molar-refractivity contribution >= 4 is 29.5 Å². The van der Waals surface area contributed by atoms with Crippen LogP contribution in [0.1, 0.15) is 23.2 Å². The molecule has 1 aliphatic rings. The lowest BCUT2D eigenvalue weighted by molar-refractivity contribution is -0.145. The van der Waals surface area contributed by atoms with E-state index in [1.807, 2.05) is 0 Å². The third-order valence-electron chi connectivity index (χ3n) is 4.11. The summed E-state index contributed by atoms with van der Waals surface area (Å²) in [7, 11) is 0. The molecule has 2 atom stereocenters. The second-order valence-corrected chi connectivity index (χ2v) is 6.00. The number of allylic oxidation sites excluding steroid dienone is 2. The number of aliphatic carboxylic acids is 2. The highest BCUT2D eigenvalue weighted by Gasteiger charge is 2.45. The largest absolute Gasteiger partial charge is 0.481 e. The second-order valence-electron chi connectivity index (χ2n) is 6.00. The molecule has 1 aromatic carbocycles. The molecule has 0 fully saturated rings. The van der Waals surface area contributed by atoms with Crippen molar-refractivity contribution in [1.29, 1.82) is 0 Å². The number of guanidine groups is 1. The molecule has 0 bridgehead atoms. The van der Waals surface area contributed by atoms with Crippen molar-refractivity contribution in [3.8, 4) is 0 Å². The zero-order valence-corrected chi connectivity index (χ0v) is 14.3. The summed E-state index contributed by atoms with van der Waals surface area (Å²) in [6.07, 6.45) is 5.87. The number of nitrogens with two attached hydrogens (primary N) is 2. The van der Waals surface area contributed by atoms with Gasteiger partial charge in [0.05, 0.1) is 5.69 Å². The molecule has 142 valence electrons. The number of amides is 1. The first kappa shape index (κ1) is 19.7. The number of nitrogens with one attached hydrogen (secondary N) is 1. The Balaban J connectivity index is 2.31. The van der Waals surface area contributed by atoms with Crippen LogP contribution in [-0.2, 0) is 9.59 Å². The highest BCUT2D eigenvalue weighted by Crippen LogP contribution is 2.30. The molecule has 9 heteroatoms. The first-order valence-electron chi connectivity index (χ1n) is 8.08. The van der Waals surface area contributed by atoms with Crippen molar-refractivity contribution in [2.45, 2.75) is 18.4 Å². The third kappa shape index (κ3) is 4.72. The molecule has 1 amide bonds. The molecule has 2 unspecified atom stereocenters. The maximum atomic E-state index is 12.7. The van der Waals surface area contributed by atoms with E-state index >= 15 is 0 Å². The Bertz CT molecular complexity index is 842. The fourth-order valence-corrected chi connectivity index (χ4v) is 2.83. The molecule has 0 aliphatic heterocycles. The Morgan fingerprint density at radius 3 is 2.56 bits per heavy atom. The summed E-state index contributed by atoms with van der Waals surface area (Å²) >= 11 is 0. The fraction of sp³-hybridized carbons (Fsp3) is 0.222. The number of carbonyl (C=O) groups is 3. The Morgan fingerprint density at radius 1 is 1.19 bits per heavy atom. The van der Waals surface area contributed by atoms with E-state index in [0.717, 1.165) is 0 Å². The van der Waals surface area contributed by atoms with Gasteiger partial charge in [-0.1, -0.05) is 24.3 Å². The SMILES string of the molecule is NC(N)=Nc1cccc(C(=O)NC2(C(=O)O)C=CC=CC2CCC(=O)O)c1. The summed E-state index contributed by atoms with van der Waals surface area (Å²) in [4.78, 5) is 39.4. The first-order valence-corrected chi connectivity index (χ1v) is 8.08. The number of rotatable bonds is 7. The van der Waals surface area contributed by atoms with E-state index in [1.165, 1.54) is 24.3 Å². The number of hydrogen-bond acceptors (Lipinski definition) is 4. The second kappa shape index (κ2) is 8.17. The van der Waals surface area contributed by atoms with Crippen molar-refractivity contribution in [3.05, 3.63) is 54.1 Å². The smallest absolute Gasteiger partial charge is 0.334 e. The van der Waals surface area contributed by atoms with Crippen LogP contribution in [0.4, 0.5) is 5.69 Å². The number of nitrogens with zero attached hydrogens (tertiary/aromatic N) is 1. The number of hydrogen-bond donors (Lipinski definition) is 5. The zero-order chi connectivity index (χ0) is 20.0. The average Bonchev–Trinajstić information content (AvgIpc) is 2.60. The van der Waals surface area contributed by atoms with Crippen molar-refractivity contribution in [2.75, 3.05) is 0 Å². The first-order chi connectivity index (χ1) is 12.7. The van der Waals surface area contributed by atoms with Crippen LogP contribution in [0.3, 0.4) is 0 Å². The Kier molecular flexibility index (Phi) is 5.96. The normalized spacial score (nSPS) is 20.7. The number of aliphatic imine (C=N–C) groups is 1. The van der Waals surface area contributed by atoms with Crippen LogP contribution in [0, 0.1) is 5.92 Å². The van der Waals surface area contributed by atoms with Gasteiger partial charge in [-0.05, 0) is 30.7 Å². The average molecular weight is 372 g/mol. The van der Waals surface area contributed by atoms with Gasteiger partial charge in [0.1, 0.15) is 0 Å². The molecule has 1 aromatic rings. The van der Waals surface area contributed by atoms with Crippen LogP contribution in [0.2, 0.25) is 0 Å². The molecule has 0 saturated heterocycles. The maximum absolute atomic E-state index is 12.7. The van der Waals surface area contributed by atoms with Gasteiger partial charge < -0.3 is 27.0 Å². The fourth-order valence-electron chi connectivity index (χ4n) is 2.83. The van der Waals surface area contributed by atoms with Gasteiger partial charge in [0.2, 0.25) is 0 Å². The quantitative estimate of drug-likeness (QED) is 0.347. The summed E-state index contributed by atoms with van der Waals surface area (Å²) in [5.74, 6) is -3.88. The van der Waals surface area contributed by atoms with E-state index in [9.17, 15) is 19.5 Å². The molecule has 0 spiro atoms. The van der Waals surface area contributed by atoms with E-state index in [0.29, 0.717) is 5.69 Å². The van der Waals surface area contributed by atoms with Crippen molar-refractivity contribution in [2.24, 2.45) is 22.4 Å². The molecule has 1 aliphatic carbocycles. The molecule has 2 rings (SSSR count). The Hall–Kier alpha value is -3.62. The van der Waals surface area contributed by atoms with E-state index < -0.39 is 29.3 Å². The van der Waals surface area contributed by atoms with Gasteiger partial charge in [-0.15, -0.1) is 0 Å². The van der Waals surface area contributed by atoms with Gasteiger partial charge in [0, 0.05) is 17.9 Å². The molecule has 0 heterocycles. The number of carbonyl (C=O) groups excluding carboxylic acids is 1. The van der Waals surface area contributed by atoms with Gasteiger partial charge in [-0.25, -0.2) is 9.79 Å². The topological polar surface area (TPSA) is 168 Å². The lowest BCUT2D eigenvalue weighted by atomic mass is 9.77. The summed E-state index contributed by atoms with van der Waals surface area (Å²) in [6.45, 7) is 0. The van der Waals surface area contributed by atoms with Crippen LogP contribution in [-0.4, -0.2) is 39.6 Å². The highest BCUT2D eigenvalue weighted by atomic mass is 16.4. The minimum Gasteiger partial charge on any atom is -0.481 e. The highest BCUT2D eigenvalue weighted by molar-refractivity contribution is 5.99. The van der Waals surface area contributed by atoms with Crippen molar-refractivity contribution in [1.82, 2.24) is 5.32 Å². The maximum Gasteiger partial charge on any atom is 0.334 e. The van der Waals surface area contributed by atoms with Crippen LogP contribution < -0.4 is 16.8 Å². The molecule has 0 radical (unpaired) electrons. The Morgan fingerprint density at radius 2 is 1.93 bits per heavy atom. The van der Waals surface area contributed by atoms with Gasteiger partial charge in [-0.3, -0.25) is 9.59 Å². The summed E-state index contributed by atoms with van der Waals surface area (Å²) < 4.78 is 0. The van der Waals surface area contributed by atoms with Gasteiger partial charge in [-0.2, -0.15) is 0 Å². The van der Waals surface area contributed by atoms with Gasteiger partial charge >= 0.3 is 11.9 Å². The van der Waals surface area contributed by atoms with E-state index in [4.69, 9.17) is 16.6 Å². The van der Waals surface area contributed by atoms with Gasteiger partial charge in [0.15, 0.2) is 11.5 Å². The van der Waals surface area contributed by atoms with Crippen LogP contribution in [0.5, 0.6) is 0 Å². The monoisotopic (exact) mass is 372 g/mol. The third-order valence-corrected chi connectivity index (χ3v) is 4.11. The lowest BCUT2D eigenvalue weighted by Gasteiger charge is -2.35. The molecule has 9 nitrogen and oxygen atoms in total. The van der Waals surface area contributed by atoms with Crippen LogP contribution in [0.15, 0.2) is 53.6 Å².